The zero-order valence-corrected chi connectivity index (χ0v) is 8.76. The van der Waals surface area contributed by atoms with Crippen LogP contribution in [0.3, 0.4) is 0 Å². The first-order valence-corrected chi connectivity index (χ1v) is 4.51. The van der Waals surface area contributed by atoms with Crippen LogP contribution in [0.4, 0.5) is 26.3 Å². The molecule has 0 unspecified atom stereocenters. The number of carbonyl (C=O) groups excluding carboxylic acids is 2. The van der Waals surface area contributed by atoms with Crippen LogP contribution in [-0.2, 0) is 0 Å². The summed E-state index contributed by atoms with van der Waals surface area (Å²) in [6.45, 7) is 0. The Bertz CT molecular complexity index is 485. The maximum absolute atomic E-state index is 12.1. The second-order valence-corrected chi connectivity index (χ2v) is 3.36. The minimum Gasteiger partial charge on any atom is -0.506 e. The summed E-state index contributed by atoms with van der Waals surface area (Å²) in [7, 11) is 0. The third kappa shape index (κ3) is 3.04. The summed E-state index contributed by atoms with van der Waals surface area (Å²) >= 11 is 0. The van der Waals surface area contributed by atoms with Gasteiger partial charge < -0.3 is 5.11 Å². The van der Waals surface area contributed by atoms with Crippen LogP contribution in [0.5, 0.6) is 5.75 Å². The van der Waals surface area contributed by atoms with E-state index in [-0.39, 0.29) is 0 Å². The smallest absolute Gasteiger partial charge is 0.455 e. The van der Waals surface area contributed by atoms with Crippen molar-refractivity contribution in [1.82, 2.24) is 0 Å². The Morgan fingerprint density at radius 1 is 0.842 bits per heavy atom. The van der Waals surface area contributed by atoms with Crippen LogP contribution in [0.25, 0.3) is 0 Å². The number of hydrogen-bond donors (Lipinski definition) is 1. The van der Waals surface area contributed by atoms with E-state index in [1.807, 2.05) is 0 Å². The largest absolute Gasteiger partial charge is 0.506 e. The van der Waals surface area contributed by atoms with Crippen molar-refractivity contribution in [2.24, 2.45) is 0 Å². The number of Topliss-reactive ketones (excluding diaryl/α,β-unsaturated/α-hetero) is 2. The molecule has 0 atom stereocenters. The zero-order chi connectivity index (χ0) is 15.0. The summed E-state index contributed by atoms with van der Waals surface area (Å²) in [4.78, 5) is 21.7. The Hall–Kier alpha value is -2.06. The van der Waals surface area contributed by atoms with Gasteiger partial charge in [0.2, 0.25) is 0 Å². The Labute approximate surface area is 101 Å². The monoisotopic (exact) mass is 286 g/mol. The predicted octanol–water partition coefficient (Wildman–Crippen LogP) is 2.88. The molecular weight excluding hydrogens is 282 g/mol. The molecular formula is C10H4F6O3. The van der Waals surface area contributed by atoms with E-state index >= 15 is 0 Å². The second-order valence-electron chi connectivity index (χ2n) is 3.36. The lowest BCUT2D eigenvalue weighted by molar-refractivity contribution is -0.0890. The Morgan fingerprint density at radius 3 is 1.42 bits per heavy atom. The van der Waals surface area contributed by atoms with Gasteiger partial charge in [0.15, 0.2) is 0 Å². The summed E-state index contributed by atoms with van der Waals surface area (Å²) in [5, 5.41) is 9.21. The summed E-state index contributed by atoms with van der Waals surface area (Å²) in [6.07, 6.45) is -10.8. The number of carbonyl (C=O) groups is 2. The molecule has 3 nitrogen and oxygen atoms in total. The highest BCUT2D eigenvalue weighted by Crippen LogP contribution is 2.32. The van der Waals surface area contributed by atoms with Crippen molar-refractivity contribution >= 4 is 11.6 Å². The average molecular weight is 286 g/mol. The number of phenols is 1. The maximum atomic E-state index is 12.1. The molecule has 0 saturated carbocycles. The number of aromatic hydroxyl groups is 1. The molecule has 0 spiro atoms. The van der Waals surface area contributed by atoms with E-state index in [0.717, 1.165) is 0 Å². The van der Waals surface area contributed by atoms with Gasteiger partial charge >= 0.3 is 12.4 Å². The minimum absolute atomic E-state index is 0.471. The second kappa shape index (κ2) is 4.56. The molecule has 0 aliphatic rings. The van der Waals surface area contributed by atoms with Gasteiger partial charge in [-0.05, 0) is 12.1 Å². The van der Waals surface area contributed by atoms with Gasteiger partial charge in [-0.15, -0.1) is 0 Å². The molecule has 1 aromatic carbocycles. The van der Waals surface area contributed by atoms with Gasteiger partial charge in [0.1, 0.15) is 5.75 Å². The van der Waals surface area contributed by atoms with E-state index < -0.39 is 40.8 Å². The van der Waals surface area contributed by atoms with Gasteiger partial charge in [0.05, 0.1) is 11.1 Å². The van der Waals surface area contributed by atoms with Crippen molar-refractivity contribution in [3.63, 3.8) is 0 Å². The fourth-order valence-corrected chi connectivity index (χ4v) is 1.22. The summed E-state index contributed by atoms with van der Waals surface area (Å²) in [6, 6.07) is 1.58. The SMILES string of the molecule is O=C(c1cccc(C(=O)C(F)(F)F)c1O)C(F)(F)F. The number of halogens is 6. The number of phenolic OH excluding ortho intramolecular Hbond substituents is 1. The van der Waals surface area contributed by atoms with Gasteiger partial charge in [-0.25, -0.2) is 0 Å². The molecule has 0 aromatic heterocycles. The van der Waals surface area contributed by atoms with Crippen LogP contribution < -0.4 is 0 Å². The van der Waals surface area contributed by atoms with Crippen molar-refractivity contribution in [3.8, 4) is 5.75 Å². The molecule has 0 saturated heterocycles. The van der Waals surface area contributed by atoms with E-state index in [2.05, 4.69) is 0 Å². The number of ketones is 2. The van der Waals surface area contributed by atoms with Crippen molar-refractivity contribution in [3.05, 3.63) is 29.3 Å². The molecule has 0 heterocycles. The van der Waals surface area contributed by atoms with Crippen molar-refractivity contribution < 1.29 is 41.0 Å². The lowest BCUT2D eigenvalue weighted by atomic mass is 10.0. The number of para-hydroxylation sites is 1. The highest BCUT2D eigenvalue weighted by molar-refractivity contribution is 6.08. The number of benzene rings is 1. The zero-order valence-electron chi connectivity index (χ0n) is 8.76. The van der Waals surface area contributed by atoms with Crippen LogP contribution in [0.2, 0.25) is 0 Å². The van der Waals surface area contributed by atoms with Gasteiger partial charge in [0, 0.05) is 0 Å². The first-order chi connectivity index (χ1) is 8.46. The quantitative estimate of drug-likeness (QED) is 0.672. The number of hydrogen-bond acceptors (Lipinski definition) is 3. The Morgan fingerprint density at radius 2 is 1.16 bits per heavy atom. The van der Waals surface area contributed by atoms with Crippen molar-refractivity contribution in [2.45, 2.75) is 12.4 Å². The van der Waals surface area contributed by atoms with Crippen LogP contribution in [0.15, 0.2) is 18.2 Å². The number of rotatable bonds is 2. The molecule has 1 rings (SSSR count). The molecule has 1 aromatic rings. The van der Waals surface area contributed by atoms with Gasteiger partial charge in [-0.3, -0.25) is 9.59 Å². The Kier molecular flexibility index (Phi) is 3.60. The summed E-state index contributed by atoms with van der Waals surface area (Å²) in [5.41, 5.74) is -2.83. The van der Waals surface area contributed by atoms with Crippen molar-refractivity contribution in [2.75, 3.05) is 0 Å². The molecule has 19 heavy (non-hydrogen) atoms. The molecule has 1 N–H and O–H groups in total. The van der Waals surface area contributed by atoms with Crippen LogP contribution in [0, 0.1) is 0 Å². The molecule has 0 fully saturated rings. The van der Waals surface area contributed by atoms with Crippen molar-refractivity contribution in [1.29, 1.82) is 0 Å². The molecule has 0 aliphatic carbocycles. The van der Waals surface area contributed by atoms with Gasteiger partial charge in [0.25, 0.3) is 11.6 Å². The number of alkyl halides is 6. The molecule has 0 amide bonds. The third-order valence-corrected chi connectivity index (χ3v) is 2.04. The lowest BCUT2D eigenvalue weighted by Gasteiger charge is -2.11. The highest BCUT2D eigenvalue weighted by Gasteiger charge is 2.44. The van der Waals surface area contributed by atoms with Gasteiger partial charge in [-0.2, -0.15) is 26.3 Å². The highest BCUT2D eigenvalue weighted by atomic mass is 19.4. The normalized spacial score (nSPS) is 12.3. The standard InChI is InChI=1S/C10H4F6O3/c11-9(12,13)7(18)4-2-1-3-5(6(4)17)8(19)10(14,15)16/h1-3,17H. The fraction of sp³-hybridized carbons (Fsp3) is 0.200. The first-order valence-electron chi connectivity index (χ1n) is 4.51. The van der Waals surface area contributed by atoms with E-state index in [0.29, 0.717) is 18.2 Å². The Balaban J connectivity index is 3.36. The topological polar surface area (TPSA) is 54.4 Å². The van der Waals surface area contributed by atoms with E-state index in [9.17, 15) is 41.0 Å². The average Bonchev–Trinajstić information content (AvgIpc) is 2.25. The molecule has 9 heteroatoms. The van der Waals surface area contributed by atoms with Crippen LogP contribution >= 0.6 is 0 Å². The van der Waals surface area contributed by atoms with Gasteiger partial charge in [-0.1, -0.05) is 6.07 Å². The molecule has 104 valence electrons. The van der Waals surface area contributed by atoms with Crippen LogP contribution in [0.1, 0.15) is 20.7 Å². The van der Waals surface area contributed by atoms with Crippen LogP contribution in [-0.4, -0.2) is 29.0 Å². The third-order valence-electron chi connectivity index (χ3n) is 2.04. The molecule has 0 radical (unpaired) electrons. The summed E-state index contributed by atoms with van der Waals surface area (Å²) in [5.74, 6) is -6.73. The maximum Gasteiger partial charge on any atom is 0.455 e. The van der Waals surface area contributed by atoms with E-state index in [4.69, 9.17) is 0 Å². The lowest BCUT2D eigenvalue weighted by Crippen LogP contribution is -2.25. The molecule has 0 bridgehead atoms. The predicted molar refractivity (Wildman–Crippen MR) is 48.9 cm³/mol. The molecule has 0 aliphatic heterocycles. The fourth-order valence-electron chi connectivity index (χ4n) is 1.22. The van der Waals surface area contributed by atoms with E-state index in [1.54, 1.807) is 0 Å². The minimum atomic E-state index is -5.38. The first kappa shape index (κ1) is 15.0. The van der Waals surface area contributed by atoms with E-state index in [1.165, 1.54) is 0 Å². The summed E-state index contributed by atoms with van der Waals surface area (Å²) < 4.78 is 72.7.